The van der Waals surface area contributed by atoms with E-state index in [2.05, 4.69) is 9.97 Å². The molecule has 0 aromatic carbocycles. The Morgan fingerprint density at radius 2 is 2.23 bits per heavy atom. The Kier molecular flexibility index (Phi) is 1.73. The highest BCUT2D eigenvalue weighted by molar-refractivity contribution is 6.29. The summed E-state index contributed by atoms with van der Waals surface area (Å²) >= 11 is 5.68. The van der Waals surface area contributed by atoms with Crippen LogP contribution in [0.5, 0.6) is 0 Å². The van der Waals surface area contributed by atoms with Crippen molar-refractivity contribution in [3.05, 3.63) is 23.2 Å². The van der Waals surface area contributed by atoms with E-state index in [-0.39, 0.29) is 5.91 Å². The van der Waals surface area contributed by atoms with E-state index < -0.39 is 5.41 Å². The van der Waals surface area contributed by atoms with Gasteiger partial charge in [0.05, 0.1) is 11.1 Å². The summed E-state index contributed by atoms with van der Waals surface area (Å²) in [5, 5.41) is 0.345. The molecule has 4 nitrogen and oxygen atoms in total. The normalized spacial score (nSPS) is 18.2. The van der Waals surface area contributed by atoms with Gasteiger partial charge in [-0.3, -0.25) is 4.79 Å². The summed E-state index contributed by atoms with van der Waals surface area (Å²) in [5.41, 5.74) is 5.35. The Balaban J connectivity index is 2.41. The molecular formula is C8H8ClN3O. The number of halogens is 1. The lowest BCUT2D eigenvalue weighted by atomic mass is 10.0. The average molecular weight is 198 g/mol. The lowest BCUT2D eigenvalue weighted by Crippen LogP contribution is -2.29. The minimum Gasteiger partial charge on any atom is -0.369 e. The maximum Gasteiger partial charge on any atom is 0.229 e. The van der Waals surface area contributed by atoms with Crippen molar-refractivity contribution in [3.63, 3.8) is 0 Å². The largest absolute Gasteiger partial charge is 0.369 e. The van der Waals surface area contributed by atoms with Gasteiger partial charge in [-0.1, -0.05) is 11.6 Å². The number of carbonyl (C=O) groups excluding carboxylic acids is 1. The van der Waals surface area contributed by atoms with Crippen molar-refractivity contribution in [1.29, 1.82) is 0 Å². The van der Waals surface area contributed by atoms with Crippen LogP contribution in [-0.4, -0.2) is 15.9 Å². The fourth-order valence-electron chi connectivity index (χ4n) is 1.35. The smallest absolute Gasteiger partial charge is 0.229 e. The molecule has 0 aliphatic heterocycles. The molecule has 1 aromatic heterocycles. The van der Waals surface area contributed by atoms with Gasteiger partial charge in [0.2, 0.25) is 5.91 Å². The molecule has 0 saturated heterocycles. The molecule has 2 N–H and O–H groups in total. The van der Waals surface area contributed by atoms with Crippen LogP contribution in [0.25, 0.3) is 0 Å². The van der Waals surface area contributed by atoms with Gasteiger partial charge in [-0.2, -0.15) is 0 Å². The highest BCUT2D eigenvalue weighted by Gasteiger charge is 2.51. The van der Waals surface area contributed by atoms with Crippen LogP contribution in [0.3, 0.4) is 0 Å². The van der Waals surface area contributed by atoms with Gasteiger partial charge in [0.15, 0.2) is 0 Å². The Labute approximate surface area is 80.1 Å². The molecule has 5 heteroatoms. The number of primary amides is 1. The van der Waals surface area contributed by atoms with Crippen molar-refractivity contribution in [3.8, 4) is 0 Å². The molecule has 1 fully saturated rings. The molecule has 1 amide bonds. The first-order chi connectivity index (χ1) is 6.15. The molecule has 1 heterocycles. The van der Waals surface area contributed by atoms with Gasteiger partial charge in [0.1, 0.15) is 11.5 Å². The maximum atomic E-state index is 11.1. The van der Waals surface area contributed by atoms with Crippen molar-refractivity contribution in [2.75, 3.05) is 0 Å². The number of nitrogens with zero attached hydrogens (tertiary/aromatic N) is 2. The number of hydrogen-bond donors (Lipinski definition) is 1. The van der Waals surface area contributed by atoms with E-state index in [1.54, 1.807) is 6.07 Å². The van der Waals surface area contributed by atoms with E-state index in [4.69, 9.17) is 17.3 Å². The minimum absolute atomic E-state index is 0.331. The van der Waals surface area contributed by atoms with Crippen LogP contribution in [-0.2, 0) is 10.2 Å². The second kappa shape index (κ2) is 2.67. The van der Waals surface area contributed by atoms with Gasteiger partial charge in [-0.15, -0.1) is 0 Å². The minimum atomic E-state index is -0.563. The van der Waals surface area contributed by atoms with E-state index in [1.807, 2.05) is 0 Å². The van der Waals surface area contributed by atoms with Gasteiger partial charge in [0.25, 0.3) is 0 Å². The quantitative estimate of drug-likeness (QED) is 0.708. The Morgan fingerprint density at radius 1 is 1.54 bits per heavy atom. The first-order valence-electron chi connectivity index (χ1n) is 3.93. The summed E-state index contributed by atoms with van der Waals surface area (Å²) in [6.07, 6.45) is 2.87. The van der Waals surface area contributed by atoms with Crippen molar-refractivity contribution < 1.29 is 4.79 Å². The maximum absolute atomic E-state index is 11.1. The average Bonchev–Trinajstić information content (AvgIpc) is 2.83. The Hall–Kier alpha value is -1.16. The van der Waals surface area contributed by atoms with Crippen LogP contribution in [0.2, 0.25) is 5.15 Å². The third kappa shape index (κ3) is 1.27. The monoisotopic (exact) mass is 197 g/mol. The van der Waals surface area contributed by atoms with Crippen LogP contribution in [0.4, 0.5) is 0 Å². The Morgan fingerprint density at radius 3 is 2.69 bits per heavy atom. The van der Waals surface area contributed by atoms with Gasteiger partial charge >= 0.3 is 0 Å². The van der Waals surface area contributed by atoms with Gasteiger partial charge in [0, 0.05) is 0 Å². The van der Waals surface area contributed by atoms with Crippen molar-refractivity contribution in [2.45, 2.75) is 18.3 Å². The fraction of sp³-hybridized carbons (Fsp3) is 0.375. The third-order valence-corrected chi connectivity index (χ3v) is 2.55. The molecule has 1 saturated carbocycles. The van der Waals surface area contributed by atoms with E-state index in [9.17, 15) is 4.79 Å². The van der Waals surface area contributed by atoms with Crippen molar-refractivity contribution >= 4 is 17.5 Å². The summed E-state index contributed by atoms with van der Waals surface area (Å²) in [7, 11) is 0. The summed E-state index contributed by atoms with van der Waals surface area (Å²) < 4.78 is 0. The van der Waals surface area contributed by atoms with Gasteiger partial charge < -0.3 is 5.73 Å². The lowest BCUT2D eigenvalue weighted by Gasteiger charge is -2.08. The van der Waals surface area contributed by atoms with Crippen molar-refractivity contribution in [2.24, 2.45) is 5.73 Å². The number of carbonyl (C=O) groups is 1. The first-order valence-corrected chi connectivity index (χ1v) is 4.31. The van der Waals surface area contributed by atoms with Crippen LogP contribution >= 0.6 is 11.6 Å². The topological polar surface area (TPSA) is 68.9 Å². The highest BCUT2D eigenvalue weighted by atomic mass is 35.5. The molecule has 13 heavy (non-hydrogen) atoms. The molecule has 1 aliphatic carbocycles. The molecule has 1 aliphatic rings. The van der Waals surface area contributed by atoms with Crippen LogP contribution < -0.4 is 5.73 Å². The molecular weight excluding hydrogens is 190 g/mol. The zero-order valence-corrected chi connectivity index (χ0v) is 7.58. The van der Waals surface area contributed by atoms with E-state index in [1.165, 1.54) is 6.33 Å². The SMILES string of the molecule is NC(=O)C1(c2cc(Cl)ncn2)CC1. The zero-order chi connectivity index (χ0) is 9.47. The predicted octanol–water partition coefficient (Wildman–Crippen LogP) is 0.647. The highest BCUT2D eigenvalue weighted by Crippen LogP contribution is 2.47. The lowest BCUT2D eigenvalue weighted by molar-refractivity contribution is -0.120. The van der Waals surface area contributed by atoms with Crippen LogP contribution in [0.15, 0.2) is 12.4 Å². The van der Waals surface area contributed by atoms with Gasteiger partial charge in [-0.25, -0.2) is 9.97 Å². The summed E-state index contributed by atoms with van der Waals surface area (Å²) in [6, 6.07) is 1.60. The molecule has 0 atom stereocenters. The zero-order valence-electron chi connectivity index (χ0n) is 6.83. The molecule has 2 rings (SSSR count). The van der Waals surface area contributed by atoms with E-state index in [0.29, 0.717) is 10.8 Å². The second-order valence-corrected chi connectivity index (χ2v) is 3.56. The van der Waals surface area contributed by atoms with E-state index >= 15 is 0 Å². The van der Waals surface area contributed by atoms with Crippen LogP contribution in [0.1, 0.15) is 18.5 Å². The fourth-order valence-corrected chi connectivity index (χ4v) is 1.50. The number of nitrogens with two attached hydrogens (primary N) is 1. The third-order valence-electron chi connectivity index (χ3n) is 2.35. The molecule has 0 unspecified atom stereocenters. The molecule has 0 radical (unpaired) electrons. The number of amides is 1. The first kappa shape index (κ1) is 8.44. The van der Waals surface area contributed by atoms with Crippen LogP contribution in [0, 0.1) is 0 Å². The molecule has 0 spiro atoms. The number of hydrogen-bond acceptors (Lipinski definition) is 3. The molecule has 68 valence electrons. The predicted molar refractivity (Wildman–Crippen MR) is 47.1 cm³/mol. The summed E-state index contributed by atoms with van der Waals surface area (Å²) in [5.74, 6) is -0.331. The molecule has 0 bridgehead atoms. The second-order valence-electron chi connectivity index (χ2n) is 3.17. The Bertz CT molecular complexity index is 362. The van der Waals surface area contributed by atoms with Crippen molar-refractivity contribution in [1.82, 2.24) is 9.97 Å². The number of rotatable bonds is 2. The molecule has 1 aromatic rings. The van der Waals surface area contributed by atoms with E-state index in [0.717, 1.165) is 12.8 Å². The summed E-state index contributed by atoms with van der Waals surface area (Å²) in [4.78, 5) is 18.9. The number of aromatic nitrogens is 2. The van der Waals surface area contributed by atoms with Gasteiger partial charge in [-0.05, 0) is 18.9 Å². The summed E-state index contributed by atoms with van der Waals surface area (Å²) in [6.45, 7) is 0. The standard InChI is InChI=1S/C8H8ClN3O/c9-6-3-5(11-4-12-6)8(1-2-8)7(10)13/h3-4H,1-2H2,(H2,10,13).